The van der Waals surface area contributed by atoms with Crippen LogP contribution < -0.4 is 10.2 Å². The number of hydrogen-bond donors (Lipinski definition) is 3. The number of alkyl halides is 1. The lowest BCUT2D eigenvalue weighted by atomic mass is 9.75. The van der Waals surface area contributed by atoms with E-state index in [1.165, 1.54) is 0 Å². The number of thiazole rings is 1. The molecule has 1 aromatic heterocycles. The minimum absolute atomic E-state index is 0.129. The fraction of sp³-hybridized carbons (Fsp3) is 0.593. The number of anilines is 1. The van der Waals surface area contributed by atoms with E-state index in [1.807, 2.05) is 18.2 Å². The van der Waals surface area contributed by atoms with Gasteiger partial charge in [-0.3, -0.25) is 13.9 Å². The van der Waals surface area contributed by atoms with Gasteiger partial charge in [0.05, 0.1) is 33.2 Å². The van der Waals surface area contributed by atoms with E-state index in [-0.39, 0.29) is 23.7 Å². The van der Waals surface area contributed by atoms with Crippen LogP contribution in [0.3, 0.4) is 0 Å². The Morgan fingerprint density at radius 1 is 1.24 bits per heavy atom. The molecule has 7 nitrogen and oxygen atoms in total. The van der Waals surface area contributed by atoms with Gasteiger partial charge in [-0.1, -0.05) is 32.9 Å². The molecule has 4 atom stereocenters. The Hall–Kier alpha value is -2.19. The molecule has 0 spiro atoms. The lowest BCUT2D eigenvalue weighted by Gasteiger charge is -2.41. The number of halogens is 1. The molecule has 2 aliphatic rings. The first-order chi connectivity index (χ1) is 17.4. The summed E-state index contributed by atoms with van der Waals surface area (Å²) < 4.78 is 34.4. The van der Waals surface area contributed by atoms with Crippen molar-refractivity contribution in [3.05, 3.63) is 35.0 Å². The van der Waals surface area contributed by atoms with Crippen molar-refractivity contribution < 1.29 is 18.3 Å². The summed E-state index contributed by atoms with van der Waals surface area (Å²) in [5.74, 6) is -0.335. The van der Waals surface area contributed by atoms with Crippen molar-refractivity contribution >= 4 is 33.5 Å². The molecule has 1 aliphatic carbocycles. The number of nitriles is 1. The lowest BCUT2D eigenvalue weighted by molar-refractivity contribution is -0.127. The van der Waals surface area contributed by atoms with Crippen LogP contribution in [0.5, 0.6) is 0 Å². The molecule has 0 bridgehead atoms. The summed E-state index contributed by atoms with van der Waals surface area (Å²) in [4.78, 5) is 21.3. The van der Waals surface area contributed by atoms with E-state index in [2.05, 4.69) is 43.1 Å². The Labute approximate surface area is 224 Å². The molecule has 202 valence electrons. The molecule has 0 radical (unpaired) electrons. The maximum Gasteiger partial charge on any atom is 0.224 e. The largest absolute Gasteiger partial charge is 0.368 e. The Bertz CT molecular complexity index is 1150. The second-order valence-electron chi connectivity index (χ2n) is 11.2. The summed E-state index contributed by atoms with van der Waals surface area (Å²) in [5, 5.41) is 12.9. The predicted molar refractivity (Wildman–Crippen MR) is 149 cm³/mol. The first kappa shape index (κ1) is 27.8. The average Bonchev–Trinajstić information content (AvgIpc) is 3.30. The van der Waals surface area contributed by atoms with E-state index in [0.717, 1.165) is 26.8 Å². The summed E-state index contributed by atoms with van der Waals surface area (Å²) in [5.41, 5.74) is 2.69. The van der Waals surface area contributed by atoms with E-state index in [1.54, 1.807) is 18.3 Å². The monoisotopic (exact) mass is 548 g/mol. The number of benzene rings is 1. The third-order valence-electron chi connectivity index (χ3n) is 7.19. The number of aromatic nitrogens is 1. The van der Waals surface area contributed by atoms with Gasteiger partial charge < -0.3 is 10.2 Å². The van der Waals surface area contributed by atoms with E-state index in [0.29, 0.717) is 37.4 Å². The summed E-state index contributed by atoms with van der Waals surface area (Å²) in [6, 6.07) is 9.59. The predicted octanol–water partition coefficient (Wildman–Crippen LogP) is 5.93. The summed E-state index contributed by atoms with van der Waals surface area (Å²) >= 11 is 1.62. The number of rotatable bonds is 5. The van der Waals surface area contributed by atoms with Crippen LogP contribution in [-0.4, -0.2) is 56.8 Å². The standard InChI is InChI=1S/C27H37FN4O3S2/c1-17(16-29)30-25(33)22-15-19(28)7-10-21(22)23-24(36-26(31-23)27(2,3)4)18-5-8-20(9-6-18)32-11-13-37(34,35)14-12-32/h5-6,8-9,17,19,21-22,34-35H,7,10-15H2,1-4H3,(H,30,33)/t17-,19-,21+,22+/m0/s1. The minimum atomic E-state index is -2.46. The van der Waals surface area contributed by atoms with E-state index < -0.39 is 28.7 Å². The fourth-order valence-corrected chi connectivity index (χ4v) is 7.44. The topological polar surface area (TPSA) is 109 Å². The van der Waals surface area contributed by atoms with Crippen molar-refractivity contribution in [2.75, 3.05) is 29.5 Å². The van der Waals surface area contributed by atoms with Crippen LogP contribution in [0.2, 0.25) is 0 Å². The van der Waals surface area contributed by atoms with Gasteiger partial charge in [-0.2, -0.15) is 15.9 Å². The third-order valence-corrected chi connectivity index (χ3v) is 10.4. The van der Waals surface area contributed by atoms with E-state index in [4.69, 9.17) is 10.2 Å². The molecule has 2 fully saturated rings. The highest BCUT2D eigenvalue weighted by Crippen LogP contribution is 2.47. The average molecular weight is 549 g/mol. The van der Waals surface area contributed by atoms with Gasteiger partial charge in [0.1, 0.15) is 12.2 Å². The van der Waals surface area contributed by atoms with Crippen molar-refractivity contribution in [2.45, 2.75) is 70.5 Å². The molecule has 2 aromatic rings. The number of nitrogens with zero attached hydrogens (tertiary/aromatic N) is 3. The number of nitrogens with one attached hydrogen (secondary N) is 1. The number of hydrogen-bond acceptors (Lipinski definition) is 7. The zero-order chi connectivity index (χ0) is 27.0. The van der Waals surface area contributed by atoms with E-state index in [9.17, 15) is 18.3 Å². The molecule has 1 amide bonds. The quantitative estimate of drug-likeness (QED) is 0.427. The zero-order valence-electron chi connectivity index (χ0n) is 21.9. The minimum Gasteiger partial charge on any atom is -0.368 e. The molecular formula is C27H37FN4O3S2. The van der Waals surface area contributed by atoms with Crippen LogP contribution in [0.15, 0.2) is 24.3 Å². The van der Waals surface area contributed by atoms with Crippen LogP contribution in [0.1, 0.15) is 63.6 Å². The molecule has 2 heterocycles. The zero-order valence-corrected chi connectivity index (χ0v) is 23.5. The summed E-state index contributed by atoms with van der Waals surface area (Å²) in [7, 11) is -2.46. The van der Waals surface area contributed by atoms with Gasteiger partial charge in [0, 0.05) is 36.0 Å². The molecular weight excluding hydrogens is 511 g/mol. The van der Waals surface area contributed by atoms with Crippen LogP contribution in [0.4, 0.5) is 10.1 Å². The second-order valence-corrected chi connectivity index (χ2v) is 14.6. The molecule has 1 saturated heterocycles. The molecule has 4 rings (SSSR count). The van der Waals surface area contributed by atoms with Crippen molar-refractivity contribution in [1.29, 1.82) is 5.26 Å². The highest BCUT2D eigenvalue weighted by atomic mass is 32.3. The van der Waals surface area contributed by atoms with Gasteiger partial charge in [-0.25, -0.2) is 9.37 Å². The summed E-state index contributed by atoms with van der Waals surface area (Å²) in [6.45, 7) is 9.17. The van der Waals surface area contributed by atoms with Gasteiger partial charge in [0.15, 0.2) is 0 Å². The Morgan fingerprint density at radius 2 is 1.89 bits per heavy atom. The third kappa shape index (κ3) is 6.45. The summed E-state index contributed by atoms with van der Waals surface area (Å²) in [6.07, 6.45) is -0.00439. The smallest absolute Gasteiger partial charge is 0.224 e. The number of amides is 1. The number of carbonyl (C=O) groups excluding carboxylic acids is 1. The SMILES string of the molecule is C[C@@H](C#N)NC(=O)[C@@H]1C[C@@H](F)CC[C@H]1c1nc(C(C)(C)C)sc1-c1ccc(N2CCS(O)(O)CC2)cc1. The first-order valence-corrected chi connectivity index (χ1v) is 15.5. The number of carbonyl (C=O) groups is 1. The molecule has 1 saturated carbocycles. The van der Waals surface area contributed by atoms with E-state index >= 15 is 0 Å². The molecule has 1 aromatic carbocycles. The normalized spacial score (nSPS) is 25.7. The molecule has 10 heteroatoms. The van der Waals surface area contributed by atoms with Crippen molar-refractivity contribution in [1.82, 2.24) is 10.3 Å². The highest BCUT2D eigenvalue weighted by molar-refractivity contribution is 8.24. The van der Waals surface area contributed by atoms with Crippen LogP contribution >= 0.6 is 21.9 Å². The molecule has 1 aliphatic heterocycles. The van der Waals surface area contributed by atoms with Crippen molar-refractivity contribution in [3.8, 4) is 16.5 Å². The van der Waals surface area contributed by atoms with Gasteiger partial charge in [-0.05, 0) is 43.9 Å². The van der Waals surface area contributed by atoms with Gasteiger partial charge >= 0.3 is 0 Å². The Morgan fingerprint density at radius 3 is 2.49 bits per heavy atom. The molecule has 37 heavy (non-hydrogen) atoms. The highest BCUT2D eigenvalue weighted by Gasteiger charge is 2.40. The van der Waals surface area contributed by atoms with Gasteiger partial charge in [0.2, 0.25) is 5.91 Å². The van der Waals surface area contributed by atoms with Crippen LogP contribution in [0, 0.1) is 17.2 Å². The van der Waals surface area contributed by atoms with Crippen molar-refractivity contribution in [2.24, 2.45) is 5.92 Å². The fourth-order valence-electron chi connectivity index (χ4n) is 5.01. The maximum atomic E-state index is 14.5. The second kappa shape index (κ2) is 10.9. The Balaban J connectivity index is 1.67. The van der Waals surface area contributed by atoms with Crippen LogP contribution in [-0.2, 0) is 10.2 Å². The van der Waals surface area contributed by atoms with Gasteiger partial charge in [0.25, 0.3) is 0 Å². The lowest BCUT2D eigenvalue weighted by Crippen LogP contribution is -2.41. The molecule has 3 N–H and O–H groups in total. The van der Waals surface area contributed by atoms with Gasteiger partial charge in [-0.15, -0.1) is 11.3 Å². The van der Waals surface area contributed by atoms with Crippen molar-refractivity contribution in [3.63, 3.8) is 0 Å². The Kier molecular flexibility index (Phi) is 8.19. The molecule has 0 unspecified atom stereocenters. The maximum absolute atomic E-state index is 14.5. The first-order valence-electron chi connectivity index (χ1n) is 12.8. The van der Waals surface area contributed by atoms with Crippen LogP contribution in [0.25, 0.3) is 10.4 Å².